The molecule has 1 aromatic rings. The van der Waals surface area contributed by atoms with Crippen molar-refractivity contribution in [2.45, 2.75) is 31.1 Å². The Hall–Kier alpha value is -1.18. The molecule has 0 saturated carbocycles. The summed E-state index contributed by atoms with van der Waals surface area (Å²) in [7, 11) is 0. The highest BCUT2D eigenvalue weighted by atomic mass is 32.2. The van der Waals surface area contributed by atoms with Crippen LogP contribution in [0.3, 0.4) is 0 Å². The number of alkyl halides is 6. The fourth-order valence-electron chi connectivity index (χ4n) is 1.50. The van der Waals surface area contributed by atoms with Crippen LogP contribution in [0.25, 0.3) is 0 Å². The number of carbonyl (C=O) groups is 1. The lowest BCUT2D eigenvalue weighted by atomic mass is 10.1. The minimum absolute atomic E-state index is 0.317. The molecule has 1 rings (SSSR count). The van der Waals surface area contributed by atoms with Crippen molar-refractivity contribution in [3.63, 3.8) is 0 Å². The molecule has 118 valence electrons. The highest BCUT2D eigenvalue weighted by Gasteiger charge is 2.49. The van der Waals surface area contributed by atoms with Crippen molar-refractivity contribution >= 4 is 16.9 Å². The van der Waals surface area contributed by atoms with Crippen molar-refractivity contribution in [3.05, 3.63) is 35.9 Å². The van der Waals surface area contributed by atoms with Crippen LogP contribution < -0.4 is 0 Å². The fourth-order valence-corrected chi connectivity index (χ4v) is 2.31. The molecule has 0 aliphatic carbocycles. The Morgan fingerprint density at radius 2 is 1.67 bits per heavy atom. The second-order valence-corrected chi connectivity index (χ2v) is 5.38. The van der Waals surface area contributed by atoms with E-state index in [1.165, 1.54) is 12.1 Å². The molecule has 0 saturated heterocycles. The summed E-state index contributed by atoms with van der Waals surface area (Å²) in [6, 6.07) is 7.88. The van der Waals surface area contributed by atoms with Gasteiger partial charge in [-0.3, -0.25) is 4.79 Å². The smallest absolute Gasteiger partial charge is 0.282 e. The van der Waals surface area contributed by atoms with Gasteiger partial charge in [-0.1, -0.05) is 42.1 Å². The van der Waals surface area contributed by atoms with Crippen LogP contribution in [0.4, 0.5) is 26.3 Å². The number of hydrogen-bond donors (Lipinski definition) is 0. The van der Waals surface area contributed by atoms with Crippen molar-refractivity contribution in [1.82, 2.24) is 0 Å². The minimum atomic E-state index is -5.14. The molecule has 0 radical (unpaired) electrons. The Morgan fingerprint density at radius 1 is 1.10 bits per heavy atom. The van der Waals surface area contributed by atoms with E-state index in [9.17, 15) is 31.1 Å². The lowest BCUT2D eigenvalue weighted by Crippen LogP contribution is -2.35. The molecule has 1 unspecified atom stereocenters. The van der Waals surface area contributed by atoms with Crippen LogP contribution in [0, 0.1) is 0 Å². The Balaban J connectivity index is 2.43. The number of carbonyl (C=O) groups excluding carboxylic acids is 1. The van der Waals surface area contributed by atoms with Crippen LogP contribution in [0.5, 0.6) is 0 Å². The summed E-state index contributed by atoms with van der Waals surface area (Å²) < 4.78 is 74.8. The van der Waals surface area contributed by atoms with Crippen molar-refractivity contribution < 1.29 is 31.1 Å². The van der Waals surface area contributed by atoms with Gasteiger partial charge in [0.25, 0.3) is 5.92 Å². The van der Waals surface area contributed by atoms with Crippen LogP contribution in [0.15, 0.2) is 30.3 Å². The number of thioether (sulfide) groups is 1. The average molecular weight is 330 g/mol. The molecule has 0 fully saturated rings. The second-order valence-electron chi connectivity index (χ2n) is 4.31. The van der Waals surface area contributed by atoms with Gasteiger partial charge in [0.1, 0.15) is 6.42 Å². The summed E-state index contributed by atoms with van der Waals surface area (Å²) in [5, 5.41) is -0.443. The monoisotopic (exact) mass is 330 g/mol. The van der Waals surface area contributed by atoms with Gasteiger partial charge in [-0.15, -0.1) is 0 Å². The van der Waals surface area contributed by atoms with E-state index in [1.807, 2.05) is 0 Å². The highest BCUT2D eigenvalue weighted by molar-refractivity contribution is 8.14. The maximum absolute atomic E-state index is 13.2. The van der Waals surface area contributed by atoms with Gasteiger partial charge in [-0.2, -0.15) is 13.2 Å². The number of hydrogen-bond acceptors (Lipinski definition) is 2. The van der Waals surface area contributed by atoms with E-state index in [0.717, 1.165) is 0 Å². The predicted octanol–water partition coefficient (Wildman–Crippen LogP) is 4.88. The zero-order valence-electron chi connectivity index (χ0n) is 10.7. The van der Waals surface area contributed by atoms with Crippen molar-refractivity contribution in [2.24, 2.45) is 0 Å². The quantitative estimate of drug-likeness (QED) is 0.692. The number of halogens is 6. The molecule has 0 aliphatic rings. The lowest BCUT2D eigenvalue weighted by Gasteiger charge is -2.21. The third-order valence-electron chi connectivity index (χ3n) is 2.51. The Kier molecular flexibility index (Phi) is 6.12. The molecular weight excluding hydrogens is 318 g/mol. The van der Waals surface area contributed by atoms with E-state index in [4.69, 9.17) is 0 Å². The van der Waals surface area contributed by atoms with E-state index < -0.39 is 36.2 Å². The first-order valence-corrected chi connectivity index (χ1v) is 6.91. The third kappa shape index (κ3) is 6.41. The van der Waals surface area contributed by atoms with Crippen LogP contribution in [0.2, 0.25) is 0 Å². The predicted molar refractivity (Wildman–Crippen MR) is 68.4 cm³/mol. The number of benzene rings is 1. The molecule has 0 amide bonds. The molecule has 0 aliphatic heterocycles. The summed E-state index contributed by atoms with van der Waals surface area (Å²) in [4.78, 5) is 11.6. The molecule has 1 aromatic carbocycles. The van der Waals surface area contributed by atoms with Gasteiger partial charge >= 0.3 is 6.18 Å². The summed E-state index contributed by atoms with van der Waals surface area (Å²) in [5.74, 6) is -4.79. The Bertz CT molecular complexity index is 459. The molecule has 0 heterocycles. The summed E-state index contributed by atoms with van der Waals surface area (Å²) in [6.07, 6.45) is -11.4. The maximum Gasteiger partial charge on any atom is 0.394 e. The normalized spacial score (nSPS) is 14.0. The summed E-state index contributed by atoms with van der Waals surface area (Å²) in [5.41, 5.74) is 0.319. The topological polar surface area (TPSA) is 17.1 Å². The first-order valence-electron chi connectivity index (χ1n) is 5.92. The molecule has 21 heavy (non-hydrogen) atoms. The van der Waals surface area contributed by atoms with Crippen LogP contribution in [-0.4, -0.2) is 29.1 Å². The average Bonchev–Trinajstić information content (AvgIpc) is 2.36. The van der Waals surface area contributed by atoms with Gasteiger partial charge in [0.2, 0.25) is 5.12 Å². The van der Waals surface area contributed by atoms with E-state index in [-0.39, 0.29) is 5.75 Å². The Labute approximate surface area is 121 Å². The first-order chi connectivity index (χ1) is 9.62. The molecule has 0 bridgehead atoms. The van der Waals surface area contributed by atoms with Crippen molar-refractivity contribution in [2.75, 3.05) is 5.75 Å². The summed E-state index contributed by atoms with van der Waals surface area (Å²) in [6.45, 7) is 0. The van der Waals surface area contributed by atoms with Gasteiger partial charge in [-0.05, 0) is 6.42 Å². The third-order valence-corrected chi connectivity index (χ3v) is 3.45. The SMILES string of the molecule is O=C(SCCC(F)C(F)(F)CC(F)(F)F)c1ccccc1. The van der Waals surface area contributed by atoms with Crippen LogP contribution >= 0.6 is 11.8 Å². The molecule has 1 nitrogen and oxygen atoms in total. The van der Waals surface area contributed by atoms with E-state index in [2.05, 4.69) is 0 Å². The van der Waals surface area contributed by atoms with Crippen LogP contribution in [-0.2, 0) is 0 Å². The first kappa shape index (κ1) is 17.9. The minimum Gasteiger partial charge on any atom is -0.282 e. The maximum atomic E-state index is 13.2. The largest absolute Gasteiger partial charge is 0.394 e. The lowest BCUT2D eigenvalue weighted by molar-refractivity contribution is -0.204. The van der Waals surface area contributed by atoms with E-state index >= 15 is 0 Å². The molecule has 0 aromatic heterocycles. The van der Waals surface area contributed by atoms with Gasteiger partial charge in [0, 0.05) is 11.3 Å². The Morgan fingerprint density at radius 3 is 2.19 bits per heavy atom. The zero-order valence-corrected chi connectivity index (χ0v) is 11.5. The second kappa shape index (κ2) is 7.20. The van der Waals surface area contributed by atoms with Crippen LogP contribution in [0.1, 0.15) is 23.2 Å². The van der Waals surface area contributed by atoms with Crippen molar-refractivity contribution in [1.29, 1.82) is 0 Å². The summed E-state index contributed by atoms with van der Waals surface area (Å²) >= 11 is 0.598. The van der Waals surface area contributed by atoms with Gasteiger partial charge in [-0.25, -0.2) is 13.2 Å². The van der Waals surface area contributed by atoms with Gasteiger partial charge in [0.05, 0.1) is 0 Å². The molecular formula is C13H12F6OS. The fraction of sp³-hybridized carbons (Fsp3) is 0.462. The number of rotatable bonds is 6. The highest BCUT2D eigenvalue weighted by Crippen LogP contribution is 2.36. The zero-order chi connectivity index (χ0) is 16.1. The molecule has 1 atom stereocenters. The standard InChI is InChI=1S/C13H12F6OS/c14-10(12(15,16)8-13(17,18)19)6-7-21-11(20)9-4-2-1-3-5-9/h1-5,10H,6-8H2. The van der Waals surface area contributed by atoms with Gasteiger partial charge in [0.15, 0.2) is 6.17 Å². The van der Waals surface area contributed by atoms with E-state index in [0.29, 0.717) is 17.3 Å². The molecule has 0 spiro atoms. The van der Waals surface area contributed by atoms with Crippen molar-refractivity contribution in [3.8, 4) is 0 Å². The van der Waals surface area contributed by atoms with E-state index in [1.54, 1.807) is 18.2 Å². The molecule has 8 heteroatoms. The molecule has 0 N–H and O–H groups in total. The van der Waals surface area contributed by atoms with Gasteiger partial charge < -0.3 is 0 Å².